The van der Waals surface area contributed by atoms with Crippen LogP contribution in [0.5, 0.6) is 0 Å². The Balaban J connectivity index is 1.54. The highest BCUT2D eigenvalue weighted by Crippen LogP contribution is 2.43. The van der Waals surface area contributed by atoms with Gasteiger partial charge in [0.25, 0.3) is 0 Å². The summed E-state index contributed by atoms with van der Waals surface area (Å²) in [5.74, 6) is -0.941. The third-order valence-electron chi connectivity index (χ3n) is 8.37. The lowest BCUT2D eigenvalue weighted by Crippen LogP contribution is -2.46. The highest BCUT2D eigenvalue weighted by Gasteiger charge is 2.53. The molecule has 1 aliphatic carbocycles. The first-order valence-electron chi connectivity index (χ1n) is 12.7. The molecule has 0 unspecified atom stereocenters. The minimum atomic E-state index is -0.526. The number of carbonyl (C=O) groups excluding carboxylic acids is 3. The Bertz CT molecular complexity index is 990. The van der Waals surface area contributed by atoms with Crippen molar-refractivity contribution in [3.8, 4) is 0 Å². The van der Waals surface area contributed by atoms with Crippen molar-refractivity contribution in [2.24, 2.45) is 11.7 Å². The summed E-state index contributed by atoms with van der Waals surface area (Å²) in [5.41, 5.74) is 8.00. The third-order valence-corrected chi connectivity index (χ3v) is 9.39. The van der Waals surface area contributed by atoms with Crippen LogP contribution in [0.4, 0.5) is 5.69 Å². The molecule has 35 heavy (non-hydrogen) atoms. The highest BCUT2D eigenvalue weighted by atomic mass is 32.2. The van der Waals surface area contributed by atoms with E-state index in [1.807, 2.05) is 18.4 Å². The summed E-state index contributed by atoms with van der Waals surface area (Å²) < 4.78 is 5.80. The van der Waals surface area contributed by atoms with Crippen LogP contribution in [0.3, 0.4) is 0 Å². The van der Waals surface area contributed by atoms with Crippen LogP contribution in [0.15, 0.2) is 18.2 Å². The molecule has 4 atom stereocenters. The molecule has 0 bridgehead atoms. The van der Waals surface area contributed by atoms with E-state index in [1.54, 1.807) is 22.7 Å². The number of rotatable bonds is 6. The first-order valence-corrected chi connectivity index (χ1v) is 14.0. The van der Waals surface area contributed by atoms with Gasteiger partial charge in [-0.1, -0.05) is 12.8 Å². The zero-order valence-corrected chi connectivity index (χ0v) is 21.5. The number of primary amides is 1. The molecule has 3 aliphatic heterocycles. The molecular formula is C26H36N4O4S. The summed E-state index contributed by atoms with van der Waals surface area (Å²) in [7, 11) is 2.12. The predicted molar refractivity (Wildman–Crippen MR) is 137 cm³/mol. The Morgan fingerprint density at radius 1 is 1.14 bits per heavy atom. The summed E-state index contributed by atoms with van der Waals surface area (Å²) >= 11 is 1.65. The number of anilines is 1. The van der Waals surface area contributed by atoms with Gasteiger partial charge >= 0.3 is 0 Å². The molecule has 5 rings (SSSR count). The number of ether oxygens (including phenoxy) is 1. The minimum Gasteiger partial charge on any atom is -0.369 e. The monoisotopic (exact) mass is 500 g/mol. The molecular weight excluding hydrogens is 464 g/mol. The Morgan fingerprint density at radius 3 is 2.51 bits per heavy atom. The zero-order valence-electron chi connectivity index (χ0n) is 20.7. The molecule has 0 radical (unpaired) electrons. The molecule has 0 aromatic heterocycles. The van der Waals surface area contributed by atoms with Crippen LogP contribution in [0.1, 0.15) is 47.5 Å². The molecule has 3 heterocycles. The Kier molecular flexibility index (Phi) is 7.10. The van der Waals surface area contributed by atoms with Crippen molar-refractivity contribution >= 4 is 35.0 Å². The van der Waals surface area contributed by atoms with E-state index in [0.717, 1.165) is 63.1 Å². The van der Waals surface area contributed by atoms with Crippen molar-refractivity contribution < 1.29 is 19.1 Å². The maximum Gasteiger partial charge on any atom is 0.249 e. The average Bonchev–Trinajstić information content (AvgIpc) is 3.58. The summed E-state index contributed by atoms with van der Waals surface area (Å²) in [6.07, 6.45) is 5.76. The average molecular weight is 501 g/mol. The SMILES string of the molecule is CS[C@H]1CN(C(=O)[C@H](c2cc(N3CCN(C)CC3)ccc2C(N)=O)C2CCCC2)[C@@H]2C(=O)CO[C@H]12. The first kappa shape index (κ1) is 24.6. The van der Waals surface area contributed by atoms with Crippen LogP contribution < -0.4 is 10.6 Å². The third kappa shape index (κ3) is 4.58. The number of piperazine rings is 1. The summed E-state index contributed by atoms with van der Waals surface area (Å²) in [6.45, 7) is 4.28. The predicted octanol–water partition coefficient (Wildman–Crippen LogP) is 1.72. The number of likely N-dealkylation sites (tertiary alicyclic amines) is 1. The fourth-order valence-corrected chi connectivity index (χ4v) is 7.20. The van der Waals surface area contributed by atoms with Gasteiger partial charge in [0.1, 0.15) is 12.6 Å². The van der Waals surface area contributed by atoms with Crippen LogP contribution in [0, 0.1) is 5.92 Å². The van der Waals surface area contributed by atoms with Gasteiger partial charge in [0, 0.05) is 44.0 Å². The Labute approximate surface area is 211 Å². The number of carbonyl (C=O) groups is 3. The molecule has 4 fully saturated rings. The van der Waals surface area contributed by atoms with Gasteiger partial charge in [-0.05, 0) is 55.8 Å². The topological polar surface area (TPSA) is 96.2 Å². The molecule has 2 N–H and O–H groups in total. The van der Waals surface area contributed by atoms with Crippen molar-refractivity contribution in [3.63, 3.8) is 0 Å². The Hall–Kier alpha value is -2.10. The van der Waals surface area contributed by atoms with E-state index in [1.165, 1.54) is 0 Å². The van der Waals surface area contributed by atoms with Crippen LogP contribution in [0.2, 0.25) is 0 Å². The minimum absolute atomic E-state index is 0.0219. The van der Waals surface area contributed by atoms with Gasteiger partial charge in [-0.25, -0.2) is 0 Å². The zero-order chi connectivity index (χ0) is 24.7. The largest absolute Gasteiger partial charge is 0.369 e. The number of nitrogens with zero attached hydrogens (tertiary/aromatic N) is 3. The van der Waals surface area contributed by atoms with Gasteiger partial charge in [-0.2, -0.15) is 11.8 Å². The number of benzene rings is 1. The van der Waals surface area contributed by atoms with E-state index in [2.05, 4.69) is 16.8 Å². The van der Waals surface area contributed by atoms with E-state index in [9.17, 15) is 14.4 Å². The molecule has 1 aromatic rings. The molecule has 3 saturated heterocycles. The molecule has 1 aromatic carbocycles. The number of ketones is 1. The molecule has 8 nitrogen and oxygen atoms in total. The van der Waals surface area contributed by atoms with Gasteiger partial charge in [0.05, 0.1) is 17.3 Å². The number of hydrogen-bond acceptors (Lipinski definition) is 7. The maximum absolute atomic E-state index is 14.3. The normalized spacial score (nSPS) is 28.5. The number of nitrogens with two attached hydrogens (primary N) is 1. The fourth-order valence-electron chi connectivity index (χ4n) is 6.40. The standard InChI is InChI=1S/C26H36N4O4S/c1-28-9-11-29(12-10-28)17-7-8-18(25(27)32)19(13-17)22(16-5-3-4-6-16)26(33)30-14-21(35-2)24-23(30)20(31)15-34-24/h7-8,13,16,21-24H,3-6,9-12,14-15H2,1-2H3,(H2,27,32)/t21-,22-,23+,24+/m0/s1. The lowest BCUT2D eigenvalue weighted by atomic mass is 9.80. The lowest BCUT2D eigenvalue weighted by Gasteiger charge is -2.35. The van der Waals surface area contributed by atoms with E-state index in [4.69, 9.17) is 10.5 Å². The number of fused-ring (bicyclic) bond motifs is 1. The Morgan fingerprint density at radius 2 is 1.86 bits per heavy atom. The van der Waals surface area contributed by atoms with E-state index in [0.29, 0.717) is 12.1 Å². The number of likely N-dealkylation sites (N-methyl/N-ethyl adjacent to an activating group) is 1. The van der Waals surface area contributed by atoms with Crippen molar-refractivity contribution in [2.75, 3.05) is 57.5 Å². The number of hydrogen-bond donors (Lipinski definition) is 1. The van der Waals surface area contributed by atoms with Gasteiger partial charge < -0.3 is 25.2 Å². The van der Waals surface area contributed by atoms with Gasteiger partial charge in [-0.3, -0.25) is 14.4 Å². The lowest BCUT2D eigenvalue weighted by molar-refractivity contribution is -0.138. The molecule has 2 amide bonds. The second-order valence-electron chi connectivity index (χ2n) is 10.4. The number of Topliss-reactive ketones (excluding diaryl/α,β-unsaturated/α-hetero) is 1. The summed E-state index contributed by atoms with van der Waals surface area (Å²) in [6, 6.07) is 5.25. The summed E-state index contributed by atoms with van der Waals surface area (Å²) in [4.78, 5) is 46.0. The molecule has 1 saturated carbocycles. The van der Waals surface area contributed by atoms with E-state index >= 15 is 0 Å². The van der Waals surface area contributed by atoms with E-state index in [-0.39, 0.29) is 35.6 Å². The summed E-state index contributed by atoms with van der Waals surface area (Å²) in [5, 5.41) is 0.0758. The fraction of sp³-hybridized carbons (Fsp3) is 0.654. The van der Waals surface area contributed by atoms with Crippen molar-refractivity contribution in [1.29, 1.82) is 0 Å². The smallest absolute Gasteiger partial charge is 0.249 e. The van der Waals surface area contributed by atoms with Crippen molar-refractivity contribution in [1.82, 2.24) is 9.80 Å². The van der Waals surface area contributed by atoms with Crippen molar-refractivity contribution in [3.05, 3.63) is 29.3 Å². The van der Waals surface area contributed by atoms with Gasteiger partial charge in [0.15, 0.2) is 5.78 Å². The molecule has 190 valence electrons. The second kappa shape index (κ2) is 10.1. The second-order valence-corrected chi connectivity index (χ2v) is 11.5. The van der Waals surface area contributed by atoms with Crippen LogP contribution in [-0.2, 0) is 14.3 Å². The van der Waals surface area contributed by atoms with Crippen molar-refractivity contribution in [2.45, 2.75) is 49.0 Å². The number of amides is 2. The van der Waals surface area contributed by atoms with Crippen LogP contribution in [-0.4, -0.2) is 97.4 Å². The van der Waals surface area contributed by atoms with Gasteiger partial charge in [-0.15, -0.1) is 0 Å². The quantitative estimate of drug-likeness (QED) is 0.635. The molecule has 0 spiro atoms. The highest BCUT2D eigenvalue weighted by molar-refractivity contribution is 7.99. The first-order chi connectivity index (χ1) is 16.9. The maximum atomic E-state index is 14.3. The van der Waals surface area contributed by atoms with E-state index < -0.39 is 17.9 Å². The number of thioether (sulfide) groups is 1. The van der Waals surface area contributed by atoms with Crippen LogP contribution in [0.25, 0.3) is 0 Å². The molecule has 9 heteroatoms. The molecule has 4 aliphatic rings. The van der Waals surface area contributed by atoms with Gasteiger partial charge in [0.2, 0.25) is 11.8 Å². The van der Waals surface area contributed by atoms with Crippen LogP contribution >= 0.6 is 11.8 Å².